The van der Waals surface area contributed by atoms with E-state index < -0.39 is 0 Å². The van der Waals surface area contributed by atoms with Crippen LogP contribution in [-0.4, -0.2) is 49.3 Å². The van der Waals surface area contributed by atoms with E-state index in [-0.39, 0.29) is 0 Å². The molecule has 2 rings (SSSR count). The van der Waals surface area contributed by atoms with Gasteiger partial charge in [-0.05, 0) is 38.0 Å². The largest absolute Gasteiger partial charge is 0.380 e. The smallest absolute Gasteiger partial charge is 0.0726 e. The third kappa shape index (κ3) is 3.71. The van der Waals surface area contributed by atoms with Gasteiger partial charge in [-0.2, -0.15) is 0 Å². The maximum Gasteiger partial charge on any atom is 0.0726 e. The highest BCUT2D eigenvalue weighted by molar-refractivity contribution is 4.95. The Kier molecular flexibility index (Phi) is 5.67. The Morgan fingerprint density at radius 1 is 1.32 bits per heavy atom. The summed E-state index contributed by atoms with van der Waals surface area (Å²) in [5.74, 6) is 0.777. The van der Waals surface area contributed by atoms with Gasteiger partial charge in [-0.15, -0.1) is 0 Å². The fourth-order valence-corrected chi connectivity index (χ4v) is 3.96. The van der Waals surface area contributed by atoms with Gasteiger partial charge in [-0.25, -0.2) is 0 Å². The van der Waals surface area contributed by atoms with Crippen molar-refractivity contribution in [1.29, 1.82) is 0 Å². The lowest BCUT2D eigenvalue weighted by Gasteiger charge is -2.45. The van der Waals surface area contributed by atoms with E-state index in [0.29, 0.717) is 24.2 Å². The first-order valence-electron chi connectivity index (χ1n) is 8.17. The van der Waals surface area contributed by atoms with Gasteiger partial charge in [0.05, 0.1) is 6.10 Å². The van der Waals surface area contributed by atoms with Crippen LogP contribution in [0, 0.1) is 5.92 Å². The molecule has 0 spiro atoms. The standard InChI is InChI=1S/C16H32N2O/c1-5-14-10-17-13(9-12(2)3)11-18(14)15-7-6-8-16(15)19-4/h12-17H,5-11H2,1-4H3. The third-order valence-electron chi connectivity index (χ3n) is 4.92. The molecule has 0 aromatic carbocycles. The molecule has 4 unspecified atom stereocenters. The van der Waals surface area contributed by atoms with E-state index in [1.807, 2.05) is 7.11 Å². The summed E-state index contributed by atoms with van der Waals surface area (Å²) in [6.45, 7) is 9.33. The number of nitrogens with one attached hydrogen (secondary N) is 1. The van der Waals surface area contributed by atoms with Gasteiger partial charge in [0, 0.05) is 38.3 Å². The molecule has 3 heteroatoms. The monoisotopic (exact) mass is 268 g/mol. The van der Waals surface area contributed by atoms with Gasteiger partial charge >= 0.3 is 0 Å². The molecule has 19 heavy (non-hydrogen) atoms. The predicted molar refractivity (Wildman–Crippen MR) is 80.5 cm³/mol. The molecule has 112 valence electrons. The highest BCUT2D eigenvalue weighted by atomic mass is 16.5. The highest BCUT2D eigenvalue weighted by Crippen LogP contribution is 2.30. The van der Waals surface area contributed by atoms with Crippen molar-refractivity contribution in [3.63, 3.8) is 0 Å². The molecular weight excluding hydrogens is 236 g/mol. The van der Waals surface area contributed by atoms with E-state index in [9.17, 15) is 0 Å². The summed E-state index contributed by atoms with van der Waals surface area (Å²) in [4.78, 5) is 2.77. The van der Waals surface area contributed by atoms with Crippen molar-refractivity contribution < 1.29 is 4.74 Å². The molecule has 1 aliphatic carbocycles. The fraction of sp³-hybridized carbons (Fsp3) is 1.00. The fourth-order valence-electron chi connectivity index (χ4n) is 3.96. The van der Waals surface area contributed by atoms with Crippen LogP contribution in [0.5, 0.6) is 0 Å². The molecule has 0 aromatic rings. The maximum absolute atomic E-state index is 5.72. The number of ether oxygens (including phenoxy) is 1. The second kappa shape index (κ2) is 7.05. The molecule has 4 atom stereocenters. The molecule has 3 nitrogen and oxygen atoms in total. The van der Waals surface area contributed by atoms with Crippen LogP contribution in [0.3, 0.4) is 0 Å². The van der Waals surface area contributed by atoms with Crippen LogP contribution in [-0.2, 0) is 4.74 Å². The van der Waals surface area contributed by atoms with Crippen LogP contribution >= 0.6 is 0 Å². The summed E-state index contributed by atoms with van der Waals surface area (Å²) in [7, 11) is 1.89. The Balaban J connectivity index is 2.00. The number of hydrogen-bond acceptors (Lipinski definition) is 3. The Morgan fingerprint density at radius 2 is 2.11 bits per heavy atom. The zero-order valence-corrected chi connectivity index (χ0v) is 13.2. The summed E-state index contributed by atoms with van der Waals surface area (Å²) in [5, 5.41) is 3.76. The molecule has 0 bridgehead atoms. The highest BCUT2D eigenvalue weighted by Gasteiger charge is 2.38. The predicted octanol–water partition coefficient (Wildman–Crippen LogP) is 2.65. The normalized spacial score (nSPS) is 37.1. The minimum atomic E-state index is 0.465. The van der Waals surface area contributed by atoms with Crippen molar-refractivity contribution in [2.24, 2.45) is 5.92 Å². The average Bonchev–Trinajstić information content (AvgIpc) is 2.86. The Morgan fingerprint density at radius 3 is 2.74 bits per heavy atom. The molecule has 1 N–H and O–H groups in total. The number of nitrogens with zero attached hydrogens (tertiary/aromatic N) is 1. The summed E-state index contributed by atoms with van der Waals surface area (Å²) in [5.41, 5.74) is 0. The lowest BCUT2D eigenvalue weighted by Crippen LogP contribution is -2.61. The molecule has 1 saturated carbocycles. The van der Waals surface area contributed by atoms with Crippen LogP contribution < -0.4 is 5.32 Å². The summed E-state index contributed by atoms with van der Waals surface area (Å²) in [6, 6.07) is 2.02. The molecule has 0 amide bonds. The van der Waals surface area contributed by atoms with Crippen LogP contribution in [0.4, 0.5) is 0 Å². The van der Waals surface area contributed by atoms with Gasteiger partial charge in [0.15, 0.2) is 0 Å². The van der Waals surface area contributed by atoms with Gasteiger partial charge in [-0.3, -0.25) is 4.90 Å². The number of hydrogen-bond donors (Lipinski definition) is 1. The first kappa shape index (κ1) is 15.3. The molecule has 1 saturated heterocycles. The molecule has 1 aliphatic heterocycles. The molecular formula is C16H32N2O. The second-order valence-electron chi connectivity index (χ2n) is 6.77. The minimum Gasteiger partial charge on any atom is -0.380 e. The van der Waals surface area contributed by atoms with Crippen molar-refractivity contribution in [3.05, 3.63) is 0 Å². The van der Waals surface area contributed by atoms with Crippen LogP contribution in [0.25, 0.3) is 0 Å². The van der Waals surface area contributed by atoms with Gasteiger partial charge < -0.3 is 10.1 Å². The Bertz CT molecular complexity index is 269. The summed E-state index contributed by atoms with van der Waals surface area (Å²) < 4.78 is 5.72. The van der Waals surface area contributed by atoms with Crippen LogP contribution in [0.15, 0.2) is 0 Å². The van der Waals surface area contributed by atoms with E-state index >= 15 is 0 Å². The van der Waals surface area contributed by atoms with E-state index in [1.54, 1.807) is 0 Å². The van der Waals surface area contributed by atoms with Gasteiger partial charge in [0.1, 0.15) is 0 Å². The minimum absolute atomic E-state index is 0.465. The van der Waals surface area contributed by atoms with Crippen molar-refractivity contribution in [2.75, 3.05) is 20.2 Å². The maximum atomic E-state index is 5.72. The van der Waals surface area contributed by atoms with E-state index in [0.717, 1.165) is 12.5 Å². The van der Waals surface area contributed by atoms with Crippen molar-refractivity contribution >= 4 is 0 Å². The molecule has 2 aliphatic rings. The third-order valence-corrected chi connectivity index (χ3v) is 4.92. The lowest BCUT2D eigenvalue weighted by molar-refractivity contribution is -0.00612. The zero-order chi connectivity index (χ0) is 13.8. The zero-order valence-electron chi connectivity index (χ0n) is 13.2. The Labute approximate surface area is 119 Å². The Hall–Kier alpha value is -0.120. The first-order valence-corrected chi connectivity index (χ1v) is 8.17. The van der Waals surface area contributed by atoms with Crippen molar-refractivity contribution in [1.82, 2.24) is 10.2 Å². The average molecular weight is 268 g/mol. The quantitative estimate of drug-likeness (QED) is 0.829. The molecule has 1 heterocycles. The summed E-state index contributed by atoms with van der Waals surface area (Å²) >= 11 is 0. The number of piperazine rings is 1. The number of rotatable bonds is 5. The van der Waals surface area contributed by atoms with Crippen molar-refractivity contribution in [2.45, 2.75) is 77.1 Å². The molecule has 0 radical (unpaired) electrons. The molecule has 2 fully saturated rings. The van der Waals surface area contributed by atoms with Crippen LogP contribution in [0.2, 0.25) is 0 Å². The van der Waals surface area contributed by atoms with E-state index in [2.05, 4.69) is 31.0 Å². The van der Waals surface area contributed by atoms with E-state index in [1.165, 1.54) is 38.6 Å². The molecule has 0 aromatic heterocycles. The van der Waals surface area contributed by atoms with Gasteiger partial charge in [0.2, 0.25) is 0 Å². The van der Waals surface area contributed by atoms with Crippen LogP contribution in [0.1, 0.15) is 52.9 Å². The van der Waals surface area contributed by atoms with E-state index in [4.69, 9.17) is 4.74 Å². The number of methoxy groups -OCH3 is 1. The second-order valence-corrected chi connectivity index (χ2v) is 6.77. The topological polar surface area (TPSA) is 24.5 Å². The van der Waals surface area contributed by atoms with Crippen molar-refractivity contribution in [3.8, 4) is 0 Å². The first-order chi connectivity index (χ1) is 9.15. The summed E-state index contributed by atoms with van der Waals surface area (Å²) in [6.07, 6.45) is 6.90. The van der Waals surface area contributed by atoms with Gasteiger partial charge in [0.25, 0.3) is 0 Å². The van der Waals surface area contributed by atoms with Gasteiger partial charge in [-0.1, -0.05) is 20.8 Å². The SMILES string of the molecule is CCC1CNC(CC(C)C)CN1C1CCCC1OC. The lowest BCUT2D eigenvalue weighted by atomic mass is 9.96.